The molecule has 2 atom stereocenters. The molecule has 0 aliphatic carbocycles. The van der Waals surface area contributed by atoms with Gasteiger partial charge in [0.1, 0.15) is 25.0 Å². The zero-order valence-electron chi connectivity index (χ0n) is 23.4. The molecule has 2 fully saturated rings. The SMILES string of the molecule is [2H]c1cc(C([2H])([2H])N2CCOCC2=O)cc([2H])c1C([2H])Oc1cccc2c1CN(C1CCC(=C)NC1=O)C2=O. The highest BCUT2D eigenvalue weighted by molar-refractivity contribution is 6.02. The van der Waals surface area contributed by atoms with Crippen LogP contribution < -0.4 is 10.1 Å². The van der Waals surface area contributed by atoms with Gasteiger partial charge in [-0.25, -0.2) is 0 Å². The number of fused-ring (bicyclic) bond motifs is 1. The Balaban J connectivity index is 1.38. The van der Waals surface area contributed by atoms with E-state index < -0.39 is 25.0 Å². The molecule has 2 aromatic carbocycles. The highest BCUT2D eigenvalue weighted by Crippen LogP contribution is 2.34. The van der Waals surface area contributed by atoms with Gasteiger partial charge in [-0.05, 0) is 36.1 Å². The zero-order valence-corrected chi connectivity index (χ0v) is 18.4. The quantitative estimate of drug-likeness (QED) is 0.706. The average molecular weight is 467 g/mol. The molecule has 3 aliphatic heterocycles. The zero-order chi connectivity index (χ0) is 28.1. The highest BCUT2D eigenvalue weighted by Gasteiger charge is 2.39. The molecule has 3 aliphatic rings. The third-order valence-electron chi connectivity index (χ3n) is 5.97. The molecule has 2 saturated heterocycles. The Morgan fingerprint density at radius 2 is 2.03 bits per heavy atom. The molecule has 0 radical (unpaired) electrons. The second-order valence-electron chi connectivity index (χ2n) is 8.25. The topological polar surface area (TPSA) is 88.2 Å². The number of ether oxygens (including phenoxy) is 2. The summed E-state index contributed by atoms with van der Waals surface area (Å²) in [7, 11) is 0. The van der Waals surface area contributed by atoms with E-state index in [1.165, 1.54) is 17.0 Å². The van der Waals surface area contributed by atoms with Crippen LogP contribution in [0, 0.1) is 0 Å². The maximum Gasteiger partial charge on any atom is 0.255 e. The van der Waals surface area contributed by atoms with Crippen LogP contribution in [-0.4, -0.2) is 53.3 Å². The van der Waals surface area contributed by atoms with Crippen molar-refractivity contribution >= 4 is 17.7 Å². The Bertz CT molecular complexity index is 1360. The lowest BCUT2D eigenvalue weighted by Gasteiger charge is -2.31. The number of carbonyl (C=O) groups is 3. The lowest BCUT2D eigenvalue weighted by atomic mass is 10.0. The van der Waals surface area contributed by atoms with Crippen LogP contribution in [0.15, 0.2) is 54.7 Å². The summed E-state index contributed by atoms with van der Waals surface area (Å²) in [6.07, 6.45) is 1.00. The first-order valence-electron chi connectivity index (χ1n) is 13.6. The first-order valence-corrected chi connectivity index (χ1v) is 11.0. The predicted molar refractivity (Wildman–Crippen MR) is 124 cm³/mol. The second kappa shape index (κ2) is 9.30. The summed E-state index contributed by atoms with van der Waals surface area (Å²) in [6, 6.07) is 5.97. The Labute approximate surface area is 205 Å². The molecule has 0 spiro atoms. The summed E-state index contributed by atoms with van der Waals surface area (Å²) >= 11 is 0. The molecular formula is C26H27N3O5. The van der Waals surface area contributed by atoms with Gasteiger partial charge in [0.15, 0.2) is 0 Å². The van der Waals surface area contributed by atoms with Gasteiger partial charge in [0.05, 0.1) is 20.0 Å². The summed E-state index contributed by atoms with van der Waals surface area (Å²) in [5.74, 6) is -0.936. The number of carbonyl (C=O) groups excluding carboxylic acids is 3. The summed E-state index contributed by atoms with van der Waals surface area (Å²) in [4.78, 5) is 40.3. The van der Waals surface area contributed by atoms with Crippen LogP contribution in [0.2, 0.25) is 0 Å². The van der Waals surface area contributed by atoms with Gasteiger partial charge in [-0.1, -0.05) is 36.9 Å². The minimum atomic E-state index is -2.27. The van der Waals surface area contributed by atoms with Gasteiger partial charge in [-0.2, -0.15) is 0 Å². The second-order valence-corrected chi connectivity index (χ2v) is 8.25. The minimum Gasteiger partial charge on any atom is -0.489 e. The van der Waals surface area contributed by atoms with Crippen molar-refractivity contribution in [2.24, 2.45) is 0 Å². The van der Waals surface area contributed by atoms with Crippen molar-refractivity contribution in [2.75, 3.05) is 19.8 Å². The molecule has 3 heterocycles. The molecule has 1 N–H and O–H groups in total. The Morgan fingerprint density at radius 1 is 1.21 bits per heavy atom. The molecule has 176 valence electrons. The van der Waals surface area contributed by atoms with E-state index in [1.54, 1.807) is 18.2 Å². The van der Waals surface area contributed by atoms with E-state index in [1.807, 2.05) is 0 Å². The van der Waals surface area contributed by atoms with Crippen molar-refractivity contribution in [3.63, 3.8) is 0 Å². The van der Waals surface area contributed by atoms with Gasteiger partial charge in [0, 0.05) is 29.9 Å². The maximum absolute atomic E-state index is 13.1. The van der Waals surface area contributed by atoms with Gasteiger partial charge in [0.25, 0.3) is 5.91 Å². The standard InChI is InChI=1S/C26H27N3O5/c1-17-5-10-22(25(31)27-17)29-14-21-20(26(29)32)3-2-4-23(21)34-15-19-8-6-18(7-9-19)13-28-11-12-33-16-24(28)30/h2-4,6-9,22H,1,5,10-16H2,(H,27,31)/i8D,9D,13D2,15D. The van der Waals surface area contributed by atoms with Gasteiger partial charge in [-0.15, -0.1) is 0 Å². The van der Waals surface area contributed by atoms with Crippen LogP contribution >= 0.6 is 0 Å². The molecule has 0 bridgehead atoms. The van der Waals surface area contributed by atoms with E-state index in [-0.39, 0.29) is 67.1 Å². The van der Waals surface area contributed by atoms with E-state index in [4.69, 9.17) is 16.3 Å². The van der Waals surface area contributed by atoms with Crippen molar-refractivity contribution in [2.45, 2.75) is 38.5 Å². The number of nitrogens with zero attached hydrogens (tertiary/aromatic N) is 2. The van der Waals surface area contributed by atoms with Crippen LogP contribution in [0.4, 0.5) is 0 Å². The number of amides is 3. The molecule has 8 nitrogen and oxygen atoms in total. The number of piperidine rings is 1. The van der Waals surface area contributed by atoms with Crippen molar-refractivity contribution in [3.05, 3.63) is 76.9 Å². The number of allylic oxidation sites excluding steroid dienone is 1. The van der Waals surface area contributed by atoms with Crippen LogP contribution in [0.1, 0.15) is 46.7 Å². The summed E-state index contributed by atoms with van der Waals surface area (Å²) in [5.41, 5.74) is 1.32. The molecule has 2 unspecified atom stereocenters. The van der Waals surface area contributed by atoms with E-state index in [0.717, 1.165) is 4.90 Å². The molecular weight excluding hydrogens is 434 g/mol. The number of nitrogens with one attached hydrogen (secondary N) is 1. The van der Waals surface area contributed by atoms with Gasteiger partial charge in [0.2, 0.25) is 11.8 Å². The number of rotatable bonds is 6. The van der Waals surface area contributed by atoms with Crippen molar-refractivity contribution < 1.29 is 30.7 Å². The van der Waals surface area contributed by atoms with Crippen molar-refractivity contribution in [1.29, 1.82) is 0 Å². The molecule has 0 aromatic heterocycles. The van der Waals surface area contributed by atoms with E-state index in [0.29, 0.717) is 29.7 Å². The number of hydrogen-bond donors (Lipinski definition) is 1. The molecule has 3 amide bonds. The minimum absolute atomic E-state index is 0.0323. The Hall–Kier alpha value is -3.65. The predicted octanol–water partition coefficient (Wildman–Crippen LogP) is 2.37. The van der Waals surface area contributed by atoms with E-state index in [9.17, 15) is 14.4 Å². The third kappa shape index (κ3) is 4.41. The van der Waals surface area contributed by atoms with E-state index >= 15 is 0 Å². The lowest BCUT2D eigenvalue weighted by molar-refractivity contribution is -0.143. The first kappa shape index (κ1) is 16.9. The summed E-state index contributed by atoms with van der Waals surface area (Å²) < 4.78 is 53.4. The van der Waals surface area contributed by atoms with Crippen LogP contribution in [0.3, 0.4) is 0 Å². The Kier molecular flexibility index (Phi) is 4.62. The number of morpholine rings is 1. The van der Waals surface area contributed by atoms with Crippen LogP contribution in [0.5, 0.6) is 5.75 Å². The lowest BCUT2D eigenvalue weighted by Crippen LogP contribution is -2.49. The fourth-order valence-corrected chi connectivity index (χ4v) is 4.19. The molecule has 5 rings (SSSR count). The van der Waals surface area contributed by atoms with Gasteiger partial charge < -0.3 is 24.6 Å². The van der Waals surface area contributed by atoms with Gasteiger partial charge in [-0.3, -0.25) is 14.4 Å². The fourth-order valence-electron chi connectivity index (χ4n) is 4.19. The van der Waals surface area contributed by atoms with Crippen LogP contribution in [0.25, 0.3) is 0 Å². The third-order valence-corrected chi connectivity index (χ3v) is 5.97. The fraction of sp³-hybridized carbons (Fsp3) is 0.346. The van der Waals surface area contributed by atoms with E-state index in [2.05, 4.69) is 11.9 Å². The number of hydrogen-bond acceptors (Lipinski definition) is 5. The van der Waals surface area contributed by atoms with Crippen molar-refractivity contribution in [1.82, 2.24) is 15.1 Å². The normalized spacial score (nSPS) is 23.9. The monoisotopic (exact) mass is 466 g/mol. The average Bonchev–Trinajstić information content (AvgIpc) is 3.21. The Morgan fingerprint density at radius 3 is 2.79 bits per heavy atom. The highest BCUT2D eigenvalue weighted by atomic mass is 16.5. The molecule has 8 heteroatoms. The largest absolute Gasteiger partial charge is 0.489 e. The molecule has 34 heavy (non-hydrogen) atoms. The molecule has 0 saturated carbocycles. The number of benzene rings is 2. The maximum atomic E-state index is 13.1. The smallest absolute Gasteiger partial charge is 0.255 e. The van der Waals surface area contributed by atoms with Gasteiger partial charge >= 0.3 is 0 Å². The molecule has 2 aromatic rings. The van der Waals surface area contributed by atoms with Crippen molar-refractivity contribution in [3.8, 4) is 5.75 Å². The van der Waals surface area contributed by atoms with Crippen LogP contribution in [-0.2, 0) is 34.0 Å². The first-order chi connectivity index (χ1) is 18.5. The summed E-state index contributed by atoms with van der Waals surface area (Å²) in [6.45, 7) is 0.0447. The summed E-state index contributed by atoms with van der Waals surface area (Å²) in [5, 5.41) is 2.69.